The number of aromatic nitrogens is 4. The predicted octanol–water partition coefficient (Wildman–Crippen LogP) is 1.46. The third-order valence-electron chi connectivity index (χ3n) is 1.29. The van der Waals surface area contributed by atoms with Crippen molar-refractivity contribution in [3.05, 3.63) is 24.4 Å². The van der Waals surface area contributed by atoms with Gasteiger partial charge in [-0.25, -0.2) is 9.50 Å². The molecule has 0 spiro atoms. The van der Waals surface area contributed by atoms with Crippen LogP contribution >= 0.6 is 0 Å². The van der Waals surface area contributed by atoms with Gasteiger partial charge in [-0.2, -0.15) is 5.10 Å². The van der Waals surface area contributed by atoms with E-state index in [9.17, 15) is 0 Å². The zero-order chi connectivity index (χ0) is 8.97. The van der Waals surface area contributed by atoms with Gasteiger partial charge in [0.05, 0.1) is 18.1 Å². The third kappa shape index (κ3) is 1.58. The fraction of sp³-hybridized carbons (Fsp3) is 0.375. The van der Waals surface area contributed by atoms with Gasteiger partial charge >= 0.3 is 0 Å². The van der Waals surface area contributed by atoms with Crippen LogP contribution in [0.5, 0.6) is 0 Å². The van der Waals surface area contributed by atoms with Crippen molar-refractivity contribution in [3.8, 4) is 0 Å². The lowest BCUT2D eigenvalue weighted by Gasteiger charge is -1.90. The van der Waals surface area contributed by atoms with Crippen LogP contribution in [0.15, 0.2) is 18.7 Å². The van der Waals surface area contributed by atoms with Crippen molar-refractivity contribution in [2.45, 2.75) is 20.8 Å². The van der Waals surface area contributed by atoms with Crippen molar-refractivity contribution in [2.75, 3.05) is 0 Å². The Labute approximate surface area is 71.3 Å². The molecule has 64 valence electrons. The molecule has 0 aliphatic carbocycles. The first-order valence-electron chi connectivity index (χ1n) is 3.98. The molecule has 0 saturated carbocycles. The Bertz CT molecular complexity index is 353. The zero-order valence-electron chi connectivity index (χ0n) is 7.52. The van der Waals surface area contributed by atoms with Crippen LogP contribution in [0.2, 0.25) is 0 Å². The number of hydrogen-bond acceptors (Lipinski definition) is 3. The summed E-state index contributed by atoms with van der Waals surface area (Å²) in [6.07, 6.45) is 5.04. The summed E-state index contributed by atoms with van der Waals surface area (Å²) >= 11 is 0. The number of fused-ring (bicyclic) bond motifs is 1. The molecule has 0 amide bonds. The Morgan fingerprint density at radius 2 is 2.00 bits per heavy atom. The lowest BCUT2D eigenvalue weighted by molar-refractivity contribution is 0.928. The fourth-order valence-electron chi connectivity index (χ4n) is 0.821. The molecule has 0 saturated heterocycles. The van der Waals surface area contributed by atoms with Crippen LogP contribution in [-0.2, 0) is 0 Å². The first-order valence-corrected chi connectivity index (χ1v) is 3.98. The maximum absolute atomic E-state index is 4.06. The number of hydrogen-bond donors (Lipinski definition) is 0. The van der Waals surface area contributed by atoms with Crippen LogP contribution in [0.3, 0.4) is 0 Å². The molecule has 2 aromatic rings. The Morgan fingerprint density at radius 1 is 1.25 bits per heavy atom. The summed E-state index contributed by atoms with van der Waals surface area (Å²) in [4.78, 5) is 8.01. The molecule has 0 aromatic carbocycles. The van der Waals surface area contributed by atoms with E-state index in [1.54, 1.807) is 10.7 Å². The smallest absolute Gasteiger partial charge is 0.173 e. The van der Waals surface area contributed by atoms with E-state index in [-0.39, 0.29) is 0 Å². The van der Waals surface area contributed by atoms with Crippen LogP contribution in [0.25, 0.3) is 5.65 Å². The highest BCUT2D eigenvalue weighted by molar-refractivity contribution is 5.31. The SMILES string of the molecule is CC.Cc1cn2ncnc2cn1. The summed E-state index contributed by atoms with van der Waals surface area (Å²) in [6, 6.07) is 0. The van der Waals surface area contributed by atoms with Crippen molar-refractivity contribution in [1.29, 1.82) is 0 Å². The molecule has 0 radical (unpaired) electrons. The van der Waals surface area contributed by atoms with Gasteiger partial charge in [-0.3, -0.25) is 4.98 Å². The molecule has 0 aliphatic heterocycles. The van der Waals surface area contributed by atoms with Gasteiger partial charge in [-0.1, -0.05) is 13.8 Å². The first kappa shape index (κ1) is 8.64. The molecular weight excluding hydrogens is 152 g/mol. The molecule has 0 aliphatic rings. The van der Waals surface area contributed by atoms with E-state index in [2.05, 4.69) is 15.1 Å². The lowest BCUT2D eigenvalue weighted by Crippen LogP contribution is -1.90. The zero-order valence-corrected chi connectivity index (χ0v) is 7.52. The topological polar surface area (TPSA) is 43.1 Å². The Morgan fingerprint density at radius 3 is 2.75 bits per heavy atom. The molecule has 0 bridgehead atoms. The molecule has 2 heterocycles. The summed E-state index contributed by atoms with van der Waals surface area (Å²) in [5.74, 6) is 0. The number of aryl methyl sites for hydroxylation is 1. The Kier molecular flexibility index (Phi) is 2.74. The van der Waals surface area contributed by atoms with Crippen molar-refractivity contribution >= 4 is 5.65 Å². The fourth-order valence-corrected chi connectivity index (χ4v) is 0.821. The quantitative estimate of drug-likeness (QED) is 0.592. The standard InChI is InChI=1S/C6H6N4.C2H6/c1-5-3-10-6(2-7-5)8-4-9-10;1-2/h2-4H,1H3;1-2H3. The molecule has 4 nitrogen and oxygen atoms in total. The maximum atomic E-state index is 4.06. The predicted molar refractivity (Wildman–Crippen MR) is 46.9 cm³/mol. The molecule has 12 heavy (non-hydrogen) atoms. The van der Waals surface area contributed by atoms with Crippen molar-refractivity contribution in [1.82, 2.24) is 19.6 Å². The summed E-state index contributed by atoms with van der Waals surface area (Å²) < 4.78 is 1.70. The van der Waals surface area contributed by atoms with Gasteiger partial charge < -0.3 is 0 Å². The molecule has 2 rings (SSSR count). The molecule has 0 unspecified atom stereocenters. The summed E-state index contributed by atoms with van der Waals surface area (Å²) in [5.41, 5.74) is 1.73. The van der Waals surface area contributed by atoms with Crippen LogP contribution in [0.4, 0.5) is 0 Å². The average molecular weight is 164 g/mol. The molecular formula is C8H12N4. The summed E-state index contributed by atoms with van der Waals surface area (Å²) in [6.45, 7) is 5.92. The highest BCUT2D eigenvalue weighted by Crippen LogP contribution is 1.95. The lowest BCUT2D eigenvalue weighted by atomic mass is 10.5. The van der Waals surface area contributed by atoms with Gasteiger partial charge in [0.25, 0.3) is 0 Å². The molecule has 0 fully saturated rings. The Hall–Kier alpha value is -1.45. The van der Waals surface area contributed by atoms with E-state index in [1.165, 1.54) is 6.33 Å². The van der Waals surface area contributed by atoms with Crippen molar-refractivity contribution in [2.24, 2.45) is 0 Å². The molecule has 0 atom stereocenters. The highest BCUT2D eigenvalue weighted by atomic mass is 15.3. The number of rotatable bonds is 0. The Balaban J connectivity index is 0.000000336. The van der Waals surface area contributed by atoms with Crippen molar-refractivity contribution < 1.29 is 0 Å². The summed E-state index contributed by atoms with van der Waals surface area (Å²) in [5, 5.41) is 3.95. The number of nitrogens with zero attached hydrogens (tertiary/aromatic N) is 4. The van der Waals surface area contributed by atoms with E-state index in [0.29, 0.717) is 0 Å². The minimum absolute atomic E-state index is 0.783. The molecule has 2 aromatic heterocycles. The largest absolute Gasteiger partial charge is 0.256 e. The second-order valence-electron chi connectivity index (χ2n) is 2.09. The molecule has 4 heteroatoms. The second kappa shape index (κ2) is 3.80. The average Bonchev–Trinajstić information content (AvgIpc) is 2.54. The summed E-state index contributed by atoms with van der Waals surface area (Å²) in [7, 11) is 0. The normalized spacial score (nSPS) is 9.25. The first-order chi connectivity index (χ1) is 5.86. The van der Waals surface area contributed by atoms with Crippen LogP contribution < -0.4 is 0 Å². The van der Waals surface area contributed by atoms with Crippen LogP contribution in [-0.4, -0.2) is 19.6 Å². The van der Waals surface area contributed by atoms with Crippen LogP contribution in [0, 0.1) is 6.92 Å². The van der Waals surface area contributed by atoms with E-state index >= 15 is 0 Å². The van der Waals surface area contributed by atoms with E-state index in [4.69, 9.17) is 0 Å². The minimum Gasteiger partial charge on any atom is -0.256 e. The van der Waals surface area contributed by atoms with Gasteiger partial charge in [0.2, 0.25) is 0 Å². The maximum Gasteiger partial charge on any atom is 0.173 e. The highest BCUT2D eigenvalue weighted by Gasteiger charge is 1.92. The minimum atomic E-state index is 0.783. The van der Waals surface area contributed by atoms with Gasteiger partial charge in [-0.05, 0) is 6.92 Å². The van der Waals surface area contributed by atoms with Crippen LogP contribution in [0.1, 0.15) is 19.5 Å². The molecule has 0 N–H and O–H groups in total. The van der Waals surface area contributed by atoms with E-state index < -0.39 is 0 Å². The van der Waals surface area contributed by atoms with E-state index in [0.717, 1.165) is 11.3 Å². The van der Waals surface area contributed by atoms with Crippen molar-refractivity contribution in [3.63, 3.8) is 0 Å². The monoisotopic (exact) mass is 164 g/mol. The second-order valence-corrected chi connectivity index (χ2v) is 2.09. The third-order valence-corrected chi connectivity index (χ3v) is 1.29. The van der Waals surface area contributed by atoms with Gasteiger partial charge in [0.15, 0.2) is 5.65 Å². The van der Waals surface area contributed by atoms with Gasteiger partial charge in [0.1, 0.15) is 6.33 Å². The van der Waals surface area contributed by atoms with Gasteiger partial charge in [0, 0.05) is 0 Å². The van der Waals surface area contributed by atoms with Gasteiger partial charge in [-0.15, -0.1) is 0 Å². The van der Waals surface area contributed by atoms with E-state index in [1.807, 2.05) is 27.0 Å².